The topological polar surface area (TPSA) is 52.6 Å². The highest BCUT2D eigenvalue weighted by molar-refractivity contribution is 5.77. The maximum absolute atomic E-state index is 12.2. The van der Waals surface area contributed by atoms with Crippen LogP contribution in [0.2, 0.25) is 0 Å². The molecule has 0 bridgehead atoms. The molecule has 21 heavy (non-hydrogen) atoms. The summed E-state index contributed by atoms with van der Waals surface area (Å²) in [4.78, 5) is 24.2. The molecule has 0 N–H and O–H groups in total. The van der Waals surface area contributed by atoms with Crippen molar-refractivity contribution in [2.24, 2.45) is 22.7 Å². The van der Waals surface area contributed by atoms with Gasteiger partial charge in [-0.3, -0.25) is 9.59 Å². The van der Waals surface area contributed by atoms with Gasteiger partial charge in [0.1, 0.15) is 6.10 Å². The lowest BCUT2D eigenvalue weighted by atomic mass is 9.65. The van der Waals surface area contributed by atoms with E-state index in [1.54, 1.807) is 0 Å². The van der Waals surface area contributed by atoms with Crippen molar-refractivity contribution in [2.75, 3.05) is 7.11 Å². The summed E-state index contributed by atoms with van der Waals surface area (Å²) in [6.45, 7) is 13.4. The van der Waals surface area contributed by atoms with Gasteiger partial charge in [0.15, 0.2) is 0 Å². The van der Waals surface area contributed by atoms with E-state index in [4.69, 9.17) is 9.47 Å². The van der Waals surface area contributed by atoms with E-state index in [2.05, 4.69) is 19.9 Å². The fourth-order valence-electron chi connectivity index (χ4n) is 3.53. The zero-order valence-electron chi connectivity index (χ0n) is 14.4. The molecule has 0 aromatic heterocycles. The number of methoxy groups -OCH3 is 1. The first kappa shape index (κ1) is 17.7. The Balaban J connectivity index is 3.18. The summed E-state index contributed by atoms with van der Waals surface area (Å²) >= 11 is 0. The van der Waals surface area contributed by atoms with E-state index < -0.39 is 5.41 Å². The number of rotatable bonds is 4. The van der Waals surface area contributed by atoms with Gasteiger partial charge >= 0.3 is 11.9 Å². The van der Waals surface area contributed by atoms with E-state index in [1.165, 1.54) is 7.11 Å². The zero-order valence-corrected chi connectivity index (χ0v) is 14.4. The molecule has 0 amide bonds. The molecule has 4 nitrogen and oxygen atoms in total. The van der Waals surface area contributed by atoms with E-state index in [0.29, 0.717) is 0 Å². The van der Waals surface area contributed by atoms with Crippen molar-refractivity contribution >= 4 is 11.9 Å². The molecule has 120 valence electrons. The number of hydrogen-bond donors (Lipinski definition) is 0. The maximum Gasteiger partial charge on any atom is 0.311 e. The average Bonchev–Trinajstić information content (AvgIpc) is 2.57. The Hall–Kier alpha value is -1.32. The molecule has 0 aromatic carbocycles. The molecule has 1 rings (SSSR count). The van der Waals surface area contributed by atoms with Gasteiger partial charge in [-0.1, -0.05) is 33.8 Å². The monoisotopic (exact) mass is 296 g/mol. The summed E-state index contributed by atoms with van der Waals surface area (Å²) in [5.74, 6) is -0.867. The van der Waals surface area contributed by atoms with Crippen LogP contribution in [0.3, 0.4) is 0 Å². The number of carbonyl (C=O) groups excluding carboxylic acids is 2. The van der Waals surface area contributed by atoms with Crippen LogP contribution >= 0.6 is 0 Å². The van der Waals surface area contributed by atoms with Gasteiger partial charge in [-0.25, -0.2) is 0 Å². The second-order valence-electron chi connectivity index (χ2n) is 7.41. The van der Waals surface area contributed by atoms with E-state index in [0.717, 1.165) is 5.57 Å². The molecular formula is C17H28O4. The summed E-state index contributed by atoms with van der Waals surface area (Å²) < 4.78 is 10.7. The largest absolute Gasteiger partial charge is 0.469 e. The van der Waals surface area contributed by atoms with Crippen molar-refractivity contribution in [1.29, 1.82) is 0 Å². The fraction of sp³-hybridized carbons (Fsp3) is 0.765. The van der Waals surface area contributed by atoms with E-state index in [1.807, 2.05) is 34.6 Å². The third kappa shape index (κ3) is 3.30. The quantitative estimate of drug-likeness (QED) is 0.589. The van der Waals surface area contributed by atoms with Gasteiger partial charge in [0.2, 0.25) is 0 Å². The van der Waals surface area contributed by atoms with Crippen LogP contribution in [-0.2, 0) is 19.1 Å². The first-order valence-electron chi connectivity index (χ1n) is 7.43. The Morgan fingerprint density at radius 3 is 2.24 bits per heavy atom. The third-order valence-electron chi connectivity index (χ3n) is 4.36. The van der Waals surface area contributed by atoms with Crippen LogP contribution in [0, 0.1) is 22.7 Å². The van der Waals surface area contributed by atoms with Crippen LogP contribution in [-0.4, -0.2) is 25.2 Å². The van der Waals surface area contributed by atoms with Crippen molar-refractivity contribution < 1.29 is 19.1 Å². The smallest absolute Gasteiger partial charge is 0.311 e. The fourth-order valence-corrected chi connectivity index (χ4v) is 3.53. The Morgan fingerprint density at radius 1 is 1.29 bits per heavy atom. The van der Waals surface area contributed by atoms with Crippen molar-refractivity contribution in [3.63, 3.8) is 0 Å². The Kier molecular flexibility index (Phi) is 4.91. The Bertz CT molecular complexity index is 457. The summed E-state index contributed by atoms with van der Waals surface area (Å²) in [6, 6.07) is 0. The minimum atomic E-state index is -0.742. The molecule has 0 aliphatic heterocycles. The highest BCUT2D eigenvalue weighted by atomic mass is 16.5. The van der Waals surface area contributed by atoms with Gasteiger partial charge in [-0.2, -0.15) is 0 Å². The summed E-state index contributed by atoms with van der Waals surface area (Å²) in [5, 5.41) is 0. The predicted octanol–water partition coefficient (Wildman–Crippen LogP) is 3.36. The van der Waals surface area contributed by atoms with Crippen LogP contribution in [0.15, 0.2) is 11.6 Å². The first-order valence-corrected chi connectivity index (χ1v) is 7.43. The molecule has 0 saturated heterocycles. The third-order valence-corrected chi connectivity index (χ3v) is 4.36. The summed E-state index contributed by atoms with van der Waals surface area (Å²) in [5.41, 5.74) is 0.00832. The number of carbonyl (C=O) groups is 2. The zero-order chi connectivity index (χ0) is 16.6. The van der Waals surface area contributed by atoms with Crippen LogP contribution in [0.4, 0.5) is 0 Å². The maximum atomic E-state index is 12.2. The van der Waals surface area contributed by atoms with Gasteiger partial charge in [-0.15, -0.1) is 0 Å². The molecule has 0 radical (unpaired) electrons. The Morgan fingerprint density at radius 2 is 1.81 bits per heavy atom. The van der Waals surface area contributed by atoms with Crippen LogP contribution in [0.5, 0.6) is 0 Å². The Labute approximate surface area is 127 Å². The molecule has 2 atom stereocenters. The average molecular weight is 296 g/mol. The van der Waals surface area contributed by atoms with Gasteiger partial charge < -0.3 is 9.47 Å². The molecule has 0 heterocycles. The molecule has 0 aromatic rings. The van der Waals surface area contributed by atoms with Crippen LogP contribution in [0.1, 0.15) is 48.5 Å². The van der Waals surface area contributed by atoms with Crippen LogP contribution in [0.25, 0.3) is 0 Å². The molecule has 0 fully saturated rings. The molecule has 0 saturated carbocycles. The molecule has 4 heteroatoms. The van der Waals surface area contributed by atoms with E-state index in [9.17, 15) is 9.59 Å². The first-order chi connectivity index (χ1) is 9.45. The van der Waals surface area contributed by atoms with Crippen LogP contribution < -0.4 is 0 Å². The molecule has 0 spiro atoms. The van der Waals surface area contributed by atoms with Crippen molar-refractivity contribution in [3.05, 3.63) is 11.6 Å². The van der Waals surface area contributed by atoms with Crippen molar-refractivity contribution in [3.8, 4) is 0 Å². The van der Waals surface area contributed by atoms with Gasteiger partial charge in [0.25, 0.3) is 0 Å². The second kappa shape index (κ2) is 5.82. The lowest BCUT2D eigenvalue weighted by Gasteiger charge is -2.41. The van der Waals surface area contributed by atoms with Crippen molar-refractivity contribution in [2.45, 2.75) is 54.6 Å². The lowest BCUT2D eigenvalue weighted by Crippen LogP contribution is -2.46. The van der Waals surface area contributed by atoms with Crippen molar-refractivity contribution in [1.82, 2.24) is 0 Å². The summed E-state index contributed by atoms with van der Waals surface area (Å²) in [7, 11) is 1.39. The second-order valence-corrected chi connectivity index (χ2v) is 7.41. The molecule has 1 aliphatic rings. The minimum absolute atomic E-state index is 0.153. The number of allylic oxidation sites excluding steroid dienone is 1. The number of esters is 2. The number of hydrogen-bond acceptors (Lipinski definition) is 4. The molecule has 1 aliphatic carbocycles. The molecule has 0 unspecified atom stereocenters. The normalized spacial score (nSPS) is 24.7. The standard InChI is InChI=1S/C17H28O4/c1-10(2)14(18)21-12-11(3)9-16(4,5)13(12)17(6,7)15(19)20-8/h9-10,12-13H,1-8H3/t12-,13-/m0/s1. The predicted molar refractivity (Wildman–Crippen MR) is 81.5 cm³/mol. The lowest BCUT2D eigenvalue weighted by molar-refractivity contribution is -0.168. The van der Waals surface area contributed by atoms with Gasteiger partial charge in [0, 0.05) is 5.92 Å². The highest BCUT2D eigenvalue weighted by Gasteiger charge is 2.54. The highest BCUT2D eigenvalue weighted by Crippen LogP contribution is 2.51. The summed E-state index contributed by atoms with van der Waals surface area (Å²) in [6.07, 6.45) is 1.71. The number of ether oxygens (including phenoxy) is 2. The van der Waals surface area contributed by atoms with E-state index >= 15 is 0 Å². The van der Waals surface area contributed by atoms with Gasteiger partial charge in [-0.05, 0) is 31.8 Å². The SMILES string of the molecule is COC(=O)C(C)(C)[C@H]1[C@@H](OC(=O)C(C)C)C(C)=CC1(C)C. The molecular weight excluding hydrogens is 268 g/mol. The van der Waals surface area contributed by atoms with E-state index in [-0.39, 0.29) is 35.3 Å². The van der Waals surface area contributed by atoms with Gasteiger partial charge in [0.05, 0.1) is 18.4 Å². The minimum Gasteiger partial charge on any atom is -0.469 e.